The fourth-order valence-corrected chi connectivity index (χ4v) is 2.02. The highest BCUT2D eigenvalue weighted by molar-refractivity contribution is 9.10. The van der Waals surface area contributed by atoms with Gasteiger partial charge < -0.3 is 9.64 Å². The van der Waals surface area contributed by atoms with Gasteiger partial charge in [0.15, 0.2) is 11.6 Å². The number of ether oxygens (including phenoxy) is 1. The Hall–Kier alpha value is -1.95. The first kappa shape index (κ1) is 15.4. The van der Waals surface area contributed by atoms with Gasteiger partial charge in [0.2, 0.25) is 0 Å². The number of aromatic nitrogens is 1. The summed E-state index contributed by atoms with van der Waals surface area (Å²) in [6, 6.07) is 11.3. The van der Waals surface area contributed by atoms with Gasteiger partial charge in [0.05, 0.1) is 6.54 Å². The quantitative estimate of drug-likeness (QED) is 0.776. The van der Waals surface area contributed by atoms with E-state index in [1.54, 1.807) is 43.4 Å². The first-order valence-corrected chi connectivity index (χ1v) is 7.12. The lowest BCUT2D eigenvalue weighted by Gasteiger charge is -2.17. The average molecular weight is 353 g/mol. The van der Waals surface area contributed by atoms with E-state index >= 15 is 0 Å². The van der Waals surface area contributed by atoms with Crippen molar-refractivity contribution in [2.24, 2.45) is 0 Å². The van der Waals surface area contributed by atoms with Crippen LogP contribution in [0.25, 0.3) is 0 Å². The summed E-state index contributed by atoms with van der Waals surface area (Å²) in [5, 5.41) is 0. The lowest BCUT2D eigenvalue weighted by Crippen LogP contribution is -2.31. The van der Waals surface area contributed by atoms with Crippen molar-refractivity contribution in [3.63, 3.8) is 0 Å². The zero-order valence-electron chi connectivity index (χ0n) is 11.4. The Labute approximate surface area is 130 Å². The Morgan fingerprint density at radius 2 is 2.05 bits per heavy atom. The average Bonchev–Trinajstić information content (AvgIpc) is 2.48. The number of halogens is 2. The van der Waals surface area contributed by atoms with Crippen LogP contribution in [0, 0.1) is 5.82 Å². The van der Waals surface area contributed by atoms with Gasteiger partial charge in [-0.05, 0) is 40.2 Å². The van der Waals surface area contributed by atoms with Crippen LogP contribution in [-0.4, -0.2) is 36.0 Å². The van der Waals surface area contributed by atoms with Crippen molar-refractivity contribution in [3.8, 4) is 5.75 Å². The third-order valence-corrected chi connectivity index (χ3v) is 3.24. The van der Waals surface area contributed by atoms with Gasteiger partial charge in [-0.3, -0.25) is 4.79 Å². The molecule has 1 amide bonds. The number of nitrogens with zero attached hydrogens (tertiary/aromatic N) is 2. The molecule has 1 aromatic carbocycles. The van der Waals surface area contributed by atoms with Crippen LogP contribution in [0.4, 0.5) is 4.39 Å². The van der Waals surface area contributed by atoms with Crippen LogP contribution in [0.1, 0.15) is 10.5 Å². The number of carbonyl (C=O) groups is 1. The van der Waals surface area contributed by atoms with Gasteiger partial charge in [0.25, 0.3) is 5.91 Å². The third kappa shape index (κ3) is 4.26. The predicted molar refractivity (Wildman–Crippen MR) is 80.8 cm³/mol. The van der Waals surface area contributed by atoms with Crippen LogP contribution in [0.15, 0.2) is 47.1 Å². The molecule has 2 rings (SSSR count). The van der Waals surface area contributed by atoms with Crippen LogP contribution in [0.3, 0.4) is 0 Å². The fourth-order valence-electron chi connectivity index (χ4n) is 1.68. The molecule has 0 spiro atoms. The lowest BCUT2D eigenvalue weighted by atomic mass is 10.3. The zero-order valence-corrected chi connectivity index (χ0v) is 13.0. The molecular formula is C15H14BrFN2O2. The monoisotopic (exact) mass is 352 g/mol. The van der Waals surface area contributed by atoms with Crippen molar-refractivity contribution >= 4 is 21.8 Å². The number of amides is 1. The number of hydrogen-bond donors (Lipinski definition) is 0. The molecule has 0 unspecified atom stereocenters. The van der Waals surface area contributed by atoms with Gasteiger partial charge in [0, 0.05) is 7.05 Å². The summed E-state index contributed by atoms with van der Waals surface area (Å²) in [7, 11) is 1.65. The molecular weight excluding hydrogens is 339 g/mol. The summed E-state index contributed by atoms with van der Waals surface area (Å²) in [5.41, 5.74) is 0.345. The van der Waals surface area contributed by atoms with Crippen molar-refractivity contribution < 1.29 is 13.9 Å². The van der Waals surface area contributed by atoms with E-state index in [0.29, 0.717) is 16.8 Å². The standard InChI is InChI=1S/C15H14BrFN2O2/c1-19(15(20)12-6-4-8-14(16)18-12)9-10-21-13-7-3-2-5-11(13)17/h2-8H,9-10H2,1H3. The molecule has 0 radical (unpaired) electrons. The van der Waals surface area contributed by atoms with Crippen LogP contribution >= 0.6 is 15.9 Å². The van der Waals surface area contributed by atoms with Gasteiger partial charge in [-0.15, -0.1) is 0 Å². The molecule has 0 fully saturated rings. The van der Waals surface area contributed by atoms with Gasteiger partial charge >= 0.3 is 0 Å². The van der Waals surface area contributed by atoms with Gasteiger partial charge in [-0.25, -0.2) is 9.37 Å². The molecule has 6 heteroatoms. The minimum atomic E-state index is -0.417. The van der Waals surface area contributed by atoms with Gasteiger partial charge in [0.1, 0.15) is 16.9 Å². The number of likely N-dealkylation sites (N-methyl/N-ethyl adjacent to an activating group) is 1. The maximum Gasteiger partial charge on any atom is 0.272 e. The molecule has 0 atom stereocenters. The van der Waals surface area contributed by atoms with E-state index in [-0.39, 0.29) is 18.3 Å². The normalized spacial score (nSPS) is 10.2. The minimum absolute atomic E-state index is 0.180. The molecule has 1 heterocycles. The Morgan fingerprint density at radius 3 is 2.76 bits per heavy atom. The van der Waals surface area contributed by atoms with Crippen molar-refractivity contribution in [3.05, 3.63) is 58.6 Å². The van der Waals surface area contributed by atoms with Crippen LogP contribution in [-0.2, 0) is 0 Å². The second-order valence-electron chi connectivity index (χ2n) is 4.35. The van der Waals surface area contributed by atoms with Gasteiger partial charge in [-0.1, -0.05) is 18.2 Å². The summed E-state index contributed by atoms with van der Waals surface area (Å²) in [4.78, 5) is 17.7. The Kier molecular flexibility index (Phi) is 5.27. The Balaban J connectivity index is 1.89. The number of carbonyl (C=O) groups excluding carboxylic acids is 1. The minimum Gasteiger partial charge on any atom is -0.489 e. The van der Waals surface area contributed by atoms with E-state index in [1.807, 2.05) is 0 Å². The summed E-state index contributed by atoms with van der Waals surface area (Å²) in [5.74, 6) is -0.451. The molecule has 0 bridgehead atoms. The maximum absolute atomic E-state index is 13.4. The SMILES string of the molecule is CN(CCOc1ccccc1F)C(=O)c1cccc(Br)n1. The summed E-state index contributed by atoms with van der Waals surface area (Å²) >= 11 is 3.22. The first-order chi connectivity index (χ1) is 10.1. The van der Waals surface area contributed by atoms with E-state index in [2.05, 4.69) is 20.9 Å². The zero-order chi connectivity index (χ0) is 15.2. The van der Waals surface area contributed by atoms with E-state index < -0.39 is 5.82 Å². The smallest absolute Gasteiger partial charge is 0.272 e. The van der Waals surface area contributed by atoms with E-state index in [9.17, 15) is 9.18 Å². The van der Waals surface area contributed by atoms with Crippen molar-refractivity contribution in [1.82, 2.24) is 9.88 Å². The van der Waals surface area contributed by atoms with Crippen molar-refractivity contribution in [2.45, 2.75) is 0 Å². The molecule has 0 aliphatic heterocycles. The maximum atomic E-state index is 13.4. The molecule has 0 saturated heterocycles. The van der Waals surface area contributed by atoms with Crippen molar-refractivity contribution in [1.29, 1.82) is 0 Å². The molecule has 0 aliphatic carbocycles. The number of para-hydroxylation sites is 1. The molecule has 1 aromatic heterocycles. The fraction of sp³-hybridized carbons (Fsp3) is 0.200. The topological polar surface area (TPSA) is 42.4 Å². The van der Waals surface area contributed by atoms with E-state index in [1.165, 1.54) is 11.0 Å². The van der Waals surface area contributed by atoms with Crippen LogP contribution < -0.4 is 4.74 Å². The number of pyridine rings is 1. The highest BCUT2D eigenvalue weighted by Gasteiger charge is 2.13. The predicted octanol–water partition coefficient (Wildman–Crippen LogP) is 3.13. The summed E-state index contributed by atoms with van der Waals surface area (Å²) < 4.78 is 19.3. The molecule has 21 heavy (non-hydrogen) atoms. The number of benzene rings is 1. The second-order valence-corrected chi connectivity index (χ2v) is 5.16. The van der Waals surface area contributed by atoms with Crippen molar-refractivity contribution in [2.75, 3.05) is 20.2 Å². The molecule has 0 aliphatic rings. The van der Waals surface area contributed by atoms with Gasteiger partial charge in [-0.2, -0.15) is 0 Å². The number of hydrogen-bond acceptors (Lipinski definition) is 3. The highest BCUT2D eigenvalue weighted by atomic mass is 79.9. The first-order valence-electron chi connectivity index (χ1n) is 6.33. The third-order valence-electron chi connectivity index (χ3n) is 2.80. The number of rotatable bonds is 5. The largest absolute Gasteiger partial charge is 0.489 e. The molecule has 110 valence electrons. The van der Waals surface area contributed by atoms with E-state index in [0.717, 1.165) is 0 Å². The molecule has 0 saturated carbocycles. The summed E-state index contributed by atoms with van der Waals surface area (Å²) in [6.45, 7) is 0.540. The molecule has 0 N–H and O–H groups in total. The van der Waals surface area contributed by atoms with E-state index in [4.69, 9.17) is 4.74 Å². The second kappa shape index (κ2) is 7.17. The van der Waals surface area contributed by atoms with Crippen LogP contribution in [0.5, 0.6) is 5.75 Å². The lowest BCUT2D eigenvalue weighted by molar-refractivity contribution is 0.0767. The Morgan fingerprint density at radius 1 is 1.29 bits per heavy atom. The summed E-state index contributed by atoms with van der Waals surface area (Å²) in [6.07, 6.45) is 0. The highest BCUT2D eigenvalue weighted by Crippen LogP contribution is 2.15. The molecule has 2 aromatic rings. The Bertz CT molecular complexity index is 637. The molecule has 4 nitrogen and oxygen atoms in total. The van der Waals surface area contributed by atoms with Crippen LogP contribution in [0.2, 0.25) is 0 Å².